The first kappa shape index (κ1) is 16.3. The predicted octanol–water partition coefficient (Wildman–Crippen LogP) is -1.22. The van der Waals surface area contributed by atoms with Gasteiger partial charge >= 0.3 is 5.69 Å². The predicted molar refractivity (Wildman–Crippen MR) is 86.5 cm³/mol. The third-order valence-electron chi connectivity index (χ3n) is 3.69. The second-order valence-corrected chi connectivity index (χ2v) is 5.47. The molecule has 0 saturated carbocycles. The summed E-state index contributed by atoms with van der Waals surface area (Å²) in [6.45, 7) is 0.0419. The van der Waals surface area contributed by atoms with Crippen LogP contribution in [0.15, 0.2) is 33.0 Å². The summed E-state index contributed by atoms with van der Waals surface area (Å²) in [4.78, 5) is 41.3. The number of hydrogen-bond acceptors (Lipinski definition) is 8. The highest BCUT2D eigenvalue weighted by Crippen LogP contribution is 2.13. The number of nitrogens with zero attached hydrogens (tertiary/aromatic N) is 7. The number of hydrogen-bond donors (Lipinski definition) is 0. The van der Waals surface area contributed by atoms with Gasteiger partial charge in [0.15, 0.2) is 5.78 Å². The Morgan fingerprint density at radius 1 is 1.24 bits per heavy atom. The number of aryl methyl sites for hydroxylation is 1. The van der Waals surface area contributed by atoms with Crippen LogP contribution in [0.2, 0.25) is 0 Å². The van der Waals surface area contributed by atoms with Gasteiger partial charge in [-0.05, 0) is 12.1 Å². The molecule has 0 spiro atoms. The van der Waals surface area contributed by atoms with Gasteiger partial charge in [0.05, 0.1) is 12.1 Å². The molecule has 126 valence electrons. The molecule has 0 N–H and O–H groups in total. The molecule has 0 saturated heterocycles. The molecule has 1 aliphatic heterocycles. The highest BCUT2D eigenvalue weighted by Gasteiger charge is 2.29. The first-order valence-electron chi connectivity index (χ1n) is 7.27. The maximum Gasteiger partial charge on any atom is 0.353 e. The van der Waals surface area contributed by atoms with E-state index in [2.05, 4.69) is 15.2 Å². The molecule has 10 heteroatoms. The van der Waals surface area contributed by atoms with Crippen molar-refractivity contribution in [2.45, 2.75) is 5.92 Å². The third-order valence-corrected chi connectivity index (χ3v) is 3.69. The van der Waals surface area contributed by atoms with Crippen molar-refractivity contribution in [2.24, 2.45) is 12.1 Å². The van der Waals surface area contributed by atoms with Crippen LogP contribution in [-0.4, -0.2) is 49.9 Å². The molecular formula is C15H13N7O3. The molecule has 0 aromatic carbocycles. The standard InChI is InChI=1S/C15H13N7O3/c1-20-8-11(23)10(7-18-20)13-14(24)22(15(25)21(2)19-13)12-4-3-9(5-16)6-17-12/h3-4,6-7,10H,8H2,1-2H3. The first-order valence-corrected chi connectivity index (χ1v) is 7.27. The van der Waals surface area contributed by atoms with E-state index in [0.29, 0.717) is 5.56 Å². The van der Waals surface area contributed by atoms with E-state index in [1.165, 1.54) is 36.6 Å². The van der Waals surface area contributed by atoms with Crippen molar-refractivity contribution >= 4 is 12.0 Å². The van der Waals surface area contributed by atoms with Crippen molar-refractivity contribution in [3.8, 4) is 11.9 Å². The summed E-state index contributed by atoms with van der Waals surface area (Å²) in [6.07, 6.45) is 2.58. The Balaban J connectivity index is 2.21. The maximum absolute atomic E-state index is 12.8. The van der Waals surface area contributed by atoms with E-state index in [9.17, 15) is 14.4 Å². The molecule has 2 aromatic heterocycles. The Bertz CT molecular complexity index is 1030. The van der Waals surface area contributed by atoms with Crippen LogP contribution in [0, 0.1) is 11.3 Å². The van der Waals surface area contributed by atoms with Gasteiger partial charge in [0.1, 0.15) is 23.5 Å². The summed E-state index contributed by atoms with van der Waals surface area (Å²) < 4.78 is 1.79. The summed E-state index contributed by atoms with van der Waals surface area (Å²) in [5.74, 6) is -1.13. The van der Waals surface area contributed by atoms with E-state index in [1.54, 1.807) is 7.05 Å². The average molecular weight is 339 g/mol. The third kappa shape index (κ3) is 2.83. The number of hydrazone groups is 1. The van der Waals surface area contributed by atoms with Crippen molar-refractivity contribution in [1.29, 1.82) is 5.26 Å². The molecule has 3 heterocycles. The number of carbonyl (C=O) groups is 1. The van der Waals surface area contributed by atoms with Crippen molar-refractivity contribution in [3.05, 3.63) is 50.4 Å². The van der Waals surface area contributed by atoms with Gasteiger partial charge < -0.3 is 0 Å². The van der Waals surface area contributed by atoms with E-state index >= 15 is 0 Å². The van der Waals surface area contributed by atoms with E-state index in [0.717, 1.165) is 9.25 Å². The normalized spacial score (nSPS) is 16.8. The Kier molecular flexibility index (Phi) is 3.98. The Hall–Kier alpha value is -3.61. The zero-order valence-corrected chi connectivity index (χ0v) is 13.4. The average Bonchev–Trinajstić information content (AvgIpc) is 2.59. The zero-order valence-electron chi connectivity index (χ0n) is 13.4. The van der Waals surface area contributed by atoms with Crippen LogP contribution in [0.25, 0.3) is 5.82 Å². The summed E-state index contributed by atoms with van der Waals surface area (Å²) in [7, 11) is 3.01. The van der Waals surface area contributed by atoms with Gasteiger partial charge in [-0.1, -0.05) is 0 Å². The molecule has 25 heavy (non-hydrogen) atoms. The number of rotatable bonds is 2. The molecule has 1 unspecified atom stereocenters. The number of nitriles is 1. The molecule has 0 aliphatic carbocycles. The Morgan fingerprint density at radius 2 is 2.00 bits per heavy atom. The Morgan fingerprint density at radius 3 is 2.60 bits per heavy atom. The molecule has 0 bridgehead atoms. The second kappa shape index (κ2) is 6.12. The minimum Gasteiger partial charge on any atom is -0.296 e. The van der Waals surface area contributed by atoms with Crippen molar-refractivity contribution in [2.75, 3.05) is 13.6 Å². The highest BCUT2D eigenvalue weighted by molar-refractivity contribution is 6.02. The maximum atomic E-state index is 12.8. The number of aromatic nitrogens is 4. The van der Waals surface area contributed by atoms with Gasteiger partial charge in [0, 0.05) is 26.5 Å². The lowest BCUT2D eigenvalue weighted by Crippen LogP contribution is -2.45. The summed E-state index contributed by atoms with van der Waals surface area (Å²) >= 11 is 0. The lowest BCUT2D eigenvalue weighted by atomic mass is 10.0. The molecule has 1 atom stereocenters. The smallest absolute Gasteiger partial charge is 0.296 e. The minimum atomic E-state index is -0.930. The van der Waals surface area contributed by atoms with Gasteiger partial charge in [-0.3, -0.25) is 14.6 Å². The van der Waals surface area contributed by atoms with Gasteiger partial charge in [0.25, 0.3) is 5.56 Å². The van der Waals surface area contributed by atoms with Crippen LogP contribution in [0.3, 0.4) is 0 Å². The summed E-state index contributed by atoms with van der Waals surface area (Å²) in [5.41, 5.74) is -1.26. The molecule has 10 nitrogen and oxygen atoms in total. The zero-order chi connectivity index (χ0) is 18.1. The topological polar surface area (TPSA) is 126 Å². The molecule has 3 rings (SSSR count). The molecule has 2 aromatic rings. The van der Waals surface area contributed by atoms with Crippen LogP contribution >= 0.6 is 0 Å². The van der Waals surface area contributed by atoms with Gasteiger partial charge in [-0.2, -0.15) is 15.5 Å². The van der Waals surface area contributed by atoms with Crippen molar-refractivity contribution in [3.63, 3.8) is 0 Å². The van der Waals surface area contributed by atoms with E-state index in [4.69, 9.17) is 5.26 Å². The largest absolute Gasteiger partial charge is 0.353 e. The number of ketones is 1. The van der Waals surface area contributed by atoms with E-state index < -0.39 is 17.2 Å². The summed E-state index contributed by atoms with van der Waals surface area (Å²) in [6, 6.07) is 4.73. The van der Waals surface area contributed by atoms with Gasteiger partial charge in [-0.25, -0.2) is 19.0 Å². The Labute approximate surface area is 141 Å². The van der Waals surface area contributed by atoms with Crippen molar-refractivity contribution < 1.29 is 4.79 Å². The number of Topliss-reactive ketones (excluding diaryl/α,β-unsaturated/α-hetero) is 1. The monoisotopic (exact) mass is 339 g/mol. The van der Waals surface area contributed by atoms with Crippen LogP contribution in [0.4, 0.5) is 0 Å². The molecule has 0 radical (unpaired) electrons. The first-order chi connectivity index (χ1) is 11.9. The lowest BCUT2D eigenvalue weighted by Gasteiger charge is -2.21. The van der Waals surface area contributed by atoms with Crippen LogP contribution in [0.1, 0.15) is 17.2 Å². The molecule has 0 fully saturated rings. The van der Waals surface area contributed by atoms with Gasteiger partial charge in [0.2, 0.25) is 0 Å². The molecule has 1 aliphatic rings. The van der Waals surface area contributed by atoms with Crippen molar-refractivity contribution in [1.82, 2.24) is 24.3 Å². The highest BCUT2D eigenvalue weighted by atomic mass is 16.2. The number of likely N-dealkylation sites (N-methyl/N-ethyl adjacent to an activating group) is 1. The lowest BCUT2D eigenvalue weighted by molar-refractivity contribution is -0.120. The quantitative estimate of drug-likeness (QED) is 0.671. The van der Waals surface area contributed by atoms with Gasteiger partial charge in [-0.15, -0.1) is 0 Å². The second-order valence-electron chi connectivity index (χ2n) is 5.47. The van der Waals surface area contributed by atoms with Crippen LogP contribution in [-0.2, 0) is 11.8 Å². The van der Waals surface area contributed by atoms with Crippen LogP contribution < -0.4 is 11.2 Å². The molecule has 0 amide bonds. The number of pyridine rings is 1. The fourth-order valence-electron chi connectivity index (χ4n) is 2.43. The summed E-state index contributed by atoms with van der Waals surface area (Å²) in [5, 5.41) is 18.2. The van der Waals surface area contributed by atoms with E-state index in [-0.39, 0.29) is 23.8 Å². The molecular weight excluding hydrogens is 326 g/mol. The SMILES string of the molecule is CN1CC(=O)C(c2nn(C)c(=O)n(-c3ccc(C#N)cn3)c2=O)C=N1. The fourth-order valence-corrected chi connectivity index (χ4v) is 2.43. The minimum absolute atomic E-state index is 0.0419. The fraction of sp³-hybridized carbons (Fsp3) is 0.267. The number of carbonyl (C=O) groups excluding carboxylic acids is 1. The van der Waals surface area contributed by atoms with Crippen LogP contribution in [0.5, 0.6) is 0 Å². The van der Waals surface area contributed by atoms with E-state index in [1.807, 2.05) is 6.07 Å².